The van der Waals surface area contributed by atoms with Gasteiger partial charge in [0.05, 0.1) is 18.8 Å². The molecule has 6 heteroatoms. The van der Waals surface area contributed by atoms with Crippen molar-refractivity contribution in [3.63, 3.8) is 0 Å². The van der Waals surface area contributed by atoms with Crippen molar-refractivity contribution in [1.29, 1.82) is 0 Å². The summed E-state index contributed by atoms with van der Waals surface area (Å²) in [5.41, 5.74) is 0. The third-order valence-corrected chi connectivity index (χ3v) is 5.15. The Morgan fingerprint density at radius 3 is 2.50 bits per heavy atom. The van der Waals surface area contributed by atoms with Crippen LogP contribution in [-0.4, -0.2) is 65.8 Å². The van der Waals surface area contributed by atoms with E-state index in [1.54, 1.807) is 18.1 Å². The highest BCUT2D eigenvalue weighted by Gasteiger charge is 2.29. The second kappa shape index (κ2) is 7.83. The minimum absolute atomic E-state index is 0.0903. The third-order valence-electron chi connectivity index (χ3n) is 5.15. The van der Waals surface area contributed by atoms with Gasteiger partial charge >= 0.3 is 0 Å². The molecule has 2 fully saturated rings. The molecule has 0 N–H and O–H groups in total. The second-order valence-corrected chi connectivity index (χ2v) is 6.74. The molecule has 0 bridgehead atoms. The van der Waals surface area contributed by atoms with Crippen molar-refractivity contribution in [2.45, 2.75) is 38.6 Å². The first-order chi connectivity index (χ1) is 11.6. The van der Waals surface area contributed by atoms with E-state index in [4.69, 9.17) is 4.42 Å². The average molecular weight is 333 g/mol. The van der Waals surface area contributed by atoms with Crippen LogP contribution in [-0.2, 0) is 9.59 Å². The predicted molar refractivity (Wildman–Crippen MR) is 90.3 cm³/mol. The predicted octanol–water partition coefficient (Wildman–Crippen LogP) is 1.89. The van der Waals surface area contributed by atoms with Gasteiger partial charge in [0, 0.05) is 33.1 Å². The van der Waals surface area contributed by atoms with E-state index in [-0.39, 0.29) is 17.9 Å². The van der Waals surface area contributed by atoms with Crippen molar-refractivity contribution in [2.75, 3.05) is 39.3 Å². The number of rotatable bonds is 3. The number of hydrogen-bond donors (Lipinski definition) is 0. The van der Waals surface area contributed by atoms with Gasteiger partial charge in [0.2, 0.25) is 11.8 Å². The molecule has 1 aromatic heterocycles. The Morgan fingerprint density at radius 1 is 1.08 bits per heavy atom. The van der Waals surface area contributed by atoms with E-state index < -0.39 is 0 Å². The summed E-state index contributed by atoms with van der Waals surface area (Å²) in [7, 11) is 0. The number of nitrogens with zero attached hydrogens (tertiary/aromatic N) is 3. The van der Waals surface area contributed by atoms with Crippen LogP contribution in [0.15, 0.2) is 22.8 Å². The van der Waals surface area contributed by atoms with Crippen LogP contribution in [0.25, 0.3) is 0 Å². The highest BCUT2D eigenvalue weighted by Crippen LogP contribution is 2.30. The van der Waals surface area contributed by atoms with E-state index in [0.717, 1.165) is 25.1 Å². The van der Waals surface area contributed by atoms with Gasteiger partial charge in [0.25, 0.3) is 0 Å². The van der Waals surface area contributed by atoms with E-state index in [0.29, 0.717) is 32.7 Å². The zero-order valence-corrected chi connectivity index (χ0v) is 14.4. The third kappa shape index (κ3) is 3.98. The molecule has 2 amide bonds. The maximum absolute atomic E-state index is 12.7. The van der Waals surface area contributed by atoms with Gasteiger partial charge in [-0.05, 0) is 31.5 Å². The highest BCUT2D eigenvalue weighted by molar-refractivity contribution is 5.79. The average Bonchev–Trinajstić information content (AvgIpc) is 3.02. The van der Waals surface area contributed by atoms with Gasteiger partial charge in [0.1, 0.15) is 5.76 Å². The van der Waals surface area contributed by atoms with Crippen LogP contribution in [0.3, 0.4) is 0 Å². The molecular formula is C18H27N3O3. The Balaban J connectivity index is 1.60. The lowest BCUT2D eigenvalue weighted by molar-refractivity contribution is -0.139. The molecule has 1 aromatic rings. The maximum Gasteiger partial charge on any atom is 0.236 e. The van der Waals surface area contributed by atoms with Crippen molar-refractivity contribution < 1.29 is 14.0 Å². The number of furan rings is 1. The summed E-state index contributed by atoms with van der Waals surface area (Å²) in [5.74, 6) is 1.22. The first-order valence-corrected chi connectivity index (χ1v) is 8.96. The Hall–Kier alpha value is -1.82. The molecule has 2 aliphatic heterocycles. The van der Waals surface area contributed by atoms with E-state index in [2.05, 4.69) is 4.90 Å². The minimum Gasteiger partial charge on any atom is -0.468 e. The molecule has 132 valence electrons. The normalized spacial score (nSPS) is 23.1. The molecular weight excluding hydrogens is 306 g/mol. The molecule has 3 rings (SSSR count). The first-order valence-electron chi connectivity index (χ1n) is 8.96. The number of carbonyl (C=O) groups excluding carboxylic acids is 2. The summed E-state index contributed by atoms with van der Waals surface area (Å²) in [6.07, 6.45) is 6.26. The molecule has 0 saturated carbocycles. The van der Waals surface area contributed by atoms with Crippen LogP contribution < -0.4 is 0 Å². The van der Waals surface area contributed by atoms with Crippen molar-refractivity contribution >= 4 is 11.8 Å². The number of likely N-dealkylation sites (tertiary alicyclic amines) is 1. The fraction of sp³-hybridized carbons (Fsp3) is 0.667. The molecule has 1 unspecified atom stereocenters. The van der Waals surface area contributed by atoms with Crippen LogP contribution in [0.1, 0.15) is 44.4 Å². The lowest BCUT2D eigenvalue weighted by Gasteiger charge is -2.36. The zero-order valence-electron chi connectivity index (χ0n) is 14.4. The van der Waals surface area contributed by atoms with Crippen molar-refractivity contribution in [1.82, 2.24) is 14.7 Å². The van der Waals surface area contributed by atoms with Gasteiger partial charge in [-0.3, -0.25) is 14.5 Å². The summed E-state index contributed by atoms with van der Waals surface area (Å²) in [5, 5.41) is 0. The Bertz CT molecular complexity index is 550. The molecule has 2 saturated heterocycles. The van der Waals surface area contributed by atoms with E-state index in [1.807, 2.05) is 17.0 Å². The van der Waals surface area contributed by atoms with Gasteiger partial charge in [-0.2, -0.15) is 0 Å². The SMILES string of the molecule is CC(=O)N1CCN(C(=O)CN2CCCCCC2c2ccco2)CC1. The molecule has 24 heavy (non-hydrogen) atoms. The topological polar surface area (TPSA) is 57.0 Å². The molecule has 1 atom stereocenters. The van der Waals surface area contributed by atoms with E-state index in [1.165, 1.54) is 12.8 Å². The summed E-state index contributed by atoms with van der Waals surface area (Å²) >= 11 is 0. The molecule has 0 radical (unpaired) electrons. The largest absolute Gasteiger partial charge is 0.468 e. The van der Waals surface area contributed by atoms with Crippen LogP contribution in [0.2, 0.25) is 0 Å². The smallest absolute Gasteiger partial charge is 0.236 e. The highest BCUT2D eigenvalue weighted by atomic mass is 16.3. The summed E-state index contributed by atoms with van der Waals surface area (Å²) < 4.78 is 5.62. The summed E-state index contributed by atoms with van der Waals surface area (Å²) in [6, 6.07) is 4.13. The molecule has 0 aromatic carbocycles. The van der Waals surface area contributed by atoms with Crippen molar-refractivity contribution in [3.05, 3.63) is 24.2 Å². The standard InChI is InChI=1S/C18H27N3O3/c1-15(22)19-9-11-20(12-10-19)18(23)14-21-8-4-2-3-6-16(21)17-7-5-13-24-17/h5,7,13,16H,2-4,6,8-12,14H2,1H3. The fourth-order valence-corrected chi connectivity index (χ4v) is 3.70. The maximum atomic E-state index is 12.7. The van der Waals surface area contributed by atoms with E-state index in [9.17, 15) is 9.59 Å². The van der Waals surface area contributed by atoms with Crippen LogP contribution in [0.4, 0.5) is 0 Å². The Labute approximate surface area is 143 Å². The van der Waals surface area contributed by atoms with Crippen molar-refractivity contribution in [3.8, 4) is 0 Å². The molecule has 0 aliphatic carbocycles. The zero-order chi connectivity index (χ0) is 16.9. The quantitative estimate of drug-likeness (QED) is 0.847. The minimum atomic E-state index is 0.0903. The molecule has 2 aliphatic rings. The first kappa shape index (κ1) is 17.0. The van der Waals surface area contributed by atoms with Crippen LogP contribution in [0.5, 0.6) is 0 Å². The van der Waals surface area contributed by atoms with Gasteiger partial charge < -0.3 is 14.2 Å². The van der Waals surface area contributed by atoms with Crippen molar-refractivity contribution in [2.24, 2.45) is 0 Å². The van der Waals surface area contributed by atoms with Crippen LogP contribution >= 0.6 is 0 Å². The number of carbonyl (C=O) groups is 2. The van der Waals surface area contributed by atoms with Crippen LogP contribution in [0, 0.1) is 0 Å². The number of piperazine rings is 1. The number of amides is 2. The monoisotopic (exact) mass is 333 g/mol. The lowest BCUT2D eigenvalue weighted by Crippen LogP contribution is -2.52. The molecule has 6 nitrogen and oxygen atoms in total. The van der Waals surface area contributed by atoms with Gasteiger partial charge in [-0.15, -0.1) is 0 Å². The Kier molecular flexibility index (Phi) is 5.56. The summed E-state index contributed by atoms with van der Waals surface area (Å²) in [4.78, 5) is 30.1. The summed E-state index contributed by atoms with van der Waals surface area (Å²) in [6.45, 7) is 5.51. The fourth-order valence-electron chi connectivity index (χ4n) is 3.70. The lowest BCUT2D eigenvalue weighted by atomic mass is 10.1. The van der Waals surface area contributed by atoms with Gasteiger partial charge in [0.15, 0.2) is 0 Å². The molecule has 0 spiro atoms. The number of hydrogen-bond acceptors (Lipinski definition) is 4. The van der Waals surface area contributed by atoms with Gasteiger partial charge in [-0.25, -0.2) is 0 Å². The van der Waals surface area contributed by atoms with E-state index >= 15 is 0 Å². The molecule has 3 heterocycles. The second-order valence-electron chi connectivity index (χ2n) is 6.74. The Morgan fingerprint density at radius 2 is 1.83 bits per heavy atom. The van der Waals surface area contributed by atoms with Gasteiger partial charge in [-0.1, -0.05) is 12.8 Å².